The van der Waals surface area contributed by atoms with Crippen molar-refractivity contribution in [2.75, 3.05) is 5.32 Å². The lowest BCUT2D eigenvalue weighted by molar-refractivity contribution is 0.0697. The summed E-state index contributed by atoms with van der Waals surface area (Å²) in [6, 6.07) is 7.19. The minimum absolute atomic E-state index is 0.0672. The molecule has 6 heteroatoms. The number of rotatable bonds is 3. The summed E-state index contributed by atoms with van der Waals surface area (Å²) in [7, 11) is 0. The molecule has 0 unspecified atom stereocenters. The van der Waals surface area contributed by atoms with Crippen molar-refractivity contribution in [2.24, 2.45) is 0 Å². The lowest BCUT2D eigenvalue weighted by Gasteiger charge is -2.09. The van der Waals surface area contributed by atoms with Crippen LogP contribution in [0.4, 0.5) is 15.9 Å². The van der Waals surface area contributed by atoms with Crippen LogP contribution in [0.25, 0.3) is 0 Å². The zero-order valence-electron chi connectivity index (χ0n) is 9.02. The third-order valence-electron chi connectivity index (χ3n) is 2.22. The van der Waals surface area contributed by atoms with Crippen molar-refractivity contribution in [3.63, 3.8) is 0 Å². The average Bonchev–Trinajstić information content (AvgIpc) is 2.33. The third kappa shape index (κ3) is 2.76. The van der Waals surface area contributed by atoms with Gasteiger partial charge in [-0.3, -0.25) is 0 Å². The van der Waals surface area contributed by atoms with Crippen molar-refractivity contribution in [1.82, 2.24) is 4.98 Å². The van der Waals surface area contributed by atoms with Crippen molar-refractivity contribution in [1.29, 1.82) is 0 Å². The maximum Gasteiger partial charge on any atom is 0.339 e. The molecule has 0 radical (unpaired) electrons. The fourth-order valence-electron chi connectivity index (χ4n) is 1.40. The number of carboxylic acid groups (broad SMARTS) is 1. The van der Waals surface area contributed by atoms with Gasteiger partial charge in [-0.05, 0) is 52.9 Å². The number of nitrogens with zero attached hydrogens (tertiary/aromatic N) is 1. The van der Waals surface area contributed by atoms with Gasteiger partial charge in [0.05, 0.1) is 5.69 Å². The van der Waals surface area contributed by atoms with E-state index < -0.39 is 5.97 Å². The molecule has 0 aliphatic rings. The molecule has 0 amide bonds. The molecule has 0 spiro atoms. The summed E-state index contributed by atoms with van der Waals surface area (Å²) in [6.45, 7) is 0. The van der Waals surface area contributed by atoms with Gasteiger partial charge in [0.25, 0.3) is 0 Å². The molecule has 1 aromatic carbocycles. The van der Waals surface area contributed by atoms with E-state index in [0.29, 0.717) is 9.26 Å². The van der Waals surface area contributed by atoms with Crippen LogP contribution in [0.3, 0.4) is 0 Å². The Kier molecular flexibility index (Phi) is 3.75. The van der Waals surface area contributed by atoms with Crippen LogP contribution in [0.1, 0.15) is 10.4 Å². The molecular weight excluding hydrogens is 350 g/mol. The Hall–Kier alpha value is -1.70. The maximum absolute atomic E-state index is 13.0. The van der Waals surface area contributed by atoms with Crippen LogP contribution < -0.4 is 5.32 Å². The van der Waals surface area contributed by atoms with Gasteiger partial charge in [-0.25, -0.2) is 14.2 Å². The van der Waals surface area contributed by atoms with E-state index in [2.05, 4.69) is 10.3 Å². The number of benzene rings is 1. The van der Waals surface area contributed by atoms with Gasteiger partial charge in [-0.1, -0.05) is 0 Å². The van der Waals surface area contributed by atoms with Gasteiger partial charge >= 0.3 is 5.97 Å². The number of hydrogen-bond acceptors (Lipinski definition) is 3. The first-order chi connectivity index (χ1) is 8.58. The second-order valence-corrected chi connectivity index (χ2v) is 4.62. The molecule has 0 saturated heterocycles. The first kappa shape index (κ1) is 12.7. The highest BCUT2D eigenvalue weighted by Crippen LogP contribution is 2.24. The molecule has 0 saturated carbocycles. The van der Waals surface area contributed by atoms with E-state index in [1.165, 1.54) is 30.5 Å². The second-order valence-electron chi connectivity index (χ2n) is 3.45. The first-order valence-electron chi connectivity index (χ1n) is 4.98. The van der Waals surface area contributed by atoms with Crippen molar-refractivity contribution in [2.45, 2.75) is 0 Å². The zero-order chi connectivity index (χ0) is 13.1. The van der Waals surface area contributed by atoms with Gasteiger partial charge in [-0.15, -0.1) is 0 Å². The minimum Gasteiger partial charge on any atom is -0.478 e. The molecule has 18 heavy (non-hydrogen) atoms. The Morgan fingerprint density at radius 2 is 2.17 bits per heavy atom. The monoisotopic (exact) mass is 358 g/mol. The van der Waals surface area contributed by atoms with E-state index in [0.717, 1.165) is 0 Å². The van der Waals surface area contributed by atoms with Crippen molar-refractivity contribution >= 4 is 40.1 Å². The largest absolute Gasteiger partial charge is 0.478 e. The predicted molar refractivity (Wildman–Crippen MR) is 73.6 cm³/mol. The summed E-state index contributed by atoms with van der Waals surface area (Å²) < 4.78 is 13.6. The number of carboxylic acids is 1. The molecule has 0 atom stereocenters. The topological polar surface area (TPSA) is 62.2 Å². The van der Waals surface area contributed by atoms with E-state index >= 15 is 0 Å². The molecule has 2 aromatic rings. The van der Waals surface area contributed by atoms with E-state index in [4.69, 9.17) is 5.11 Å². The lowest BCUT2D eigenvalue weighted by Crippen LogP contribution is -2.05. The van der Waals surface area contributed by atoms with Gasteiger partial charge in [0, 0.05) is 9.77 Å². The number of hydrogen-bond donors (Lipinski definition) is 2. The van der Waals surface area contributed by atoms with Gasteiger partial charge in [0.2, 0.25) is 0 Å². The molecule has 0 fully saturated rings. The lowest BCUT2D eigenvalue weighted by atomic mass is 10.2. The van der Waals surface area contributed by atoms with Gasteiger partial charge in [-0.2, -0.15) is 0 Å². The number of aromatic nitrogens is 1. The summed E-state index contributed by atoms with van der Waals surface area (Å²) in [5.41, 5.74) is 0.677. The standard InChI is InChI=1S/C12H8FIN2O2/c13-7-3-4-10(9(14)6-7)16-11-8(12(17)18)2-1-5-15-11/h1-6H,(H,15,16)(H,17,18). The fraction of sp³-hybridized carbons (Fsp3) is 0. The van der Waals surface area contributed by atoms with E-state index in [-0.39, 0.29) is 17.2 Å². The smallest absolute Gasteiger partial charge is 0.339 e. The molecule has 1 aromatic heterocycles. The molecule has 4 nitrogen and oxygen atoms in total. The zero-order valence-corrected chi connectivity index (χ0v) is 11.2. The molecule has 2 N–H and O–H groups in total. The molecule has 0 aliphatic heterocycles. The molecule has 92 valence electrons. The molecule has 2 rings (SSSR count). The highest BCUT2D eigenvalue weighted by atomic mass is 127. The molecule has 1 heterocycles. The number of carbonyl (C=O) groups is 1. The average molecular weight is 358 g/mol. The summed E-state index contributed by atoms with van der Waals surface area (Å²) in [6.07, 6.45) is 1.49. The van der Waals surface area contributed by atoms with E-state index in [1.807, 2.05) is 22.6 Å². The number of pyridine rings is 1. The molecular formula is C12H8FIN2O2. The Morgan fingerprint density at radius 1 is 1.39 bits per heavy atom. The second kappa shape index (κ2) is 5.30. The number of aromatic carboxylic acids is 1. The maximum atomic E-state index is 13.0. The Labute approximate surface area is 116 Å². The fourth-order valence-corrected chi connectivity index (χ4v) is 2.01. The highest BCUT2D eigenvalue weighted by molar-refractivity contribution is 14.1. The number of nitrogens with one attached hydrogen (secondary N) is 1. The van der Waals surface area contributed by atoms with Crippen molar-refractivity contribution in [3.8, 4) is 0 Å². The summed E-state index contributed by atoms with van der Waals surface area (Å²) >= 11 is 1.96. The van der Waals surface area contributed by atoms with E-state index in [9.17, 15) is 9.18 Å². The minimum atomic E-state index is -1.07. The quantitative estimate of drug-likeness (QED) is 0.827. The predicted octanol–water partition coefficient (Wildman–Crippen LogP) is 3.27. The summed E-state index contributed by atoms with van der Waals surface area (Å²) in [5, 5.41) is 11.9. The van der Waals surface area contributed by atoms with Crippen LogP contribution in [0, 0.1) is 9.39 Å². The van der Waals surface area contributed by atoms with Crippen LogP contribution in [0.2, 0.25) is 0 Å². The van der Waals surface area contributed by atoms with Crippen LogP contribution in [-0.2, 0) is 0 Å². The number of halogens is 2. The normalized spacial score (nSPS) is 10.1. The summed E-state index contributed by atoms with van der Waals surface area (Å²) in [4.78, 5) is 15.0. The van der Waals surface area contributed by atoms with Gasteiger partial charge in [0.1, 0.15) is 17.2 Å². The van der Waals surface area contributed by atoms with Gasteiger partial charge in [0.15, 0.2) is 0 Å². The Morgan fingerprint density at radius 3 is 2.83 bits per heavy atom. The van der Waals surface area contributed by atoms with Crippen LogP contribution >= 0.6 is 22.6 Å². The number of anilines is 2. The molecule has 0 bridgehead atoms. The van der Waals surface area contributed by atoms with Crippen LogP contribution in [-0.4, -0.2) is 16.1 Å². The first-order valence-corrected chi connectivity index (χ1v) is 6.06. The van der Waals surface area contributed by atoms with E-state index in [1.54, 1.807) is 6.07 Å². The van der Waals surface area contributed by atoms with Crippen LogP contribution in [0.5, 0.6) is 0 Å². The molecule has 0 aliphatic carbocycles. The van der Waals surface area contributed by atoms with Crippen LogP contribution in [0.15, 0.2) is 36.5 Å². The van der Waals surface area contributed by atoms with Crippen molar-refractivity contribution < 1.29 is 14.3 Å². The highest BCUT2D eigenvalue weighted by Gasteiger charge is 2.11. The Balaban J connectivity index is 2.37. The van der Waals surface area contributed by atoms with Crippen molar-refractivity contribution in [3.05, 3.63) is 51.5 Å². The van der Waals surface area contributed by atoms with Gasteiger partial charge < -0.3 is 10.4 Å². The third-order valence-corrected chi connectivity index (χ3v) is 3.11. The SMILES string of the molecule is O=C(O)c1cccnc1Nc1ccc(F)cc1I. The Bertz CT molecular complexity index is 604. The summed E-state index contributed by atoms with van der Waals surface area (Å²) in [5.74, 6) is -1.18.